The predicted octanol–water partition coefficient (Wildman–Crippen LogP) is 2.12. The van der Waals surface area contributed by atoms with E-state index in [0.717, 1.165) is 29.1 Å². The van der Waals surface area contributed by atoms with E-state index in [4.69, 9.17) is 5.73 Å². The molecule has 2 aromatic heterocycles. The SMILES string of the molecule is CCN(CC)c1nc(N)nc2sccc12. The van der Waals surface area contributed by atoms with E-state index in [-0.39, 0.29) is 0 Å². The summed E-state index contributed by atoms with van der Waals surface area (Å²) in [7, 11) is 0. The van der Waals surface area contributed by atoms with Crippen LogP contribution >= 0.6 is 11.3 Å². The average molecular weight is 222 g/mol. The highest BCUT2D eigenvalue weighted by molar-refractivity contribution is 7.16. The molecule has 2 heterocycles. The Morgan fingerprint density at radius 2 is 2.07 bits per heavy atom. The Kier molecular flexibility index (Phi) is 2.73. The first-order valence-electron chi connectivity index (χ1n) is 5.02. The molecule has 0 aliphatic carbocycles. The second kappa shape index (κ2) is 4.02. The van der Waals surface area contributed by atoms with Crippen LogP contribution in [0.4, 0.5) is 11.8 Å². The van der Waals surface area contributed by atoms with Crippen LogP contribution in [0.2, 0.25) is 0 Å². The lowest BCUT2D eigenvalue weighted by Gasteiger charge is -2.20. The topological polar surface area (TPSA) is 55.0 Å². The maximum Gasteiger partial charge on any atom is 0.223 e. The lowest BCUT2D eigenvalue weighted by Crippen LogP contribution is -2.23. The zero-order valence-electron chi connectivity index (χ0n) is 8.90. The molecule has 2 N–H and O–H groups in total. The van der Waals surface area contributed by atoms with Gasteiger partial charge in [-0.3, -0.25) is 0 Å². The molecule has 2 aromatic rings. The third-order valence-electron chi connectivity index (χ3n) is 2.39. The van der Waals surface area contributed by atoms with E-state index in [2.05, 4.69) is 28.7 Å². The van der Waals surface area contributed by atoms with Gasteiger partial charge in [0.15, 0.2) is 0 Å². The largest absolute Gasteiger partial charge is 0.368 e. The summed E-state index contributed by atoms with van der Waals surface area (Å²) >= 11 is 1.60. The third-order valence-corrected chi connectivity index (χ3v) is 3.19. The van der Waals surface area contributed by atoms with Gasteiger partial charge in [0.25, 0.3) is 0 Å². The van der Waals surface area contributed by atoms with Crippen molar-refractivity contribution in [2.24, 2.45) is 0 Å². The van der Waals surface area contributed by atoms with Crippen LogP contribution in [-0.4, -0.2) is 23.1 Å². The van der Waals surface area contributed by atoms with Gasteiger partial charge in [-0.25, -0.2) is 4.98 Å². The van der Waals surface area contributed by atoms with Crippen LogP contribution in [0.1, 0.15) is 13.8 Å². The van der Waals surface area contributed by atoms with E-state index in [0.29, 0.717) is 5.95 Å². The fourth-order valence-electron chi connectivity index (χ4n) is 1.62. The van der Waals surface area contributed by atoms with Gasteiger partial charge in [0, 0.05) is 13.1 Å². The lowest BCUT2D eigenvalue weighted by molar-refractivity contribution is 0.851. The summed E-state index contributed by atoms with van der Waals surface area (Å²) < 4.78 is 0. The molecule has 0 aliphatic heterocycles. The molecule has 0 bridgehead atoms. The average Bonchev–Trinajstić information content (AvgIpc) is 2.67. The molecule has 5 heteroatoms. The van der Waals surface area contributed by atoms with Crippen molar-refractivity contribution in [3.8, 4) is 0 Å². The van der Waals surface area contributed by atoms with Crippen molar-refractivity contribution < 1.29 is 0 Å². The van der Waals surface area contributed by atoms with Crippen molar-refractivity contribution in [3.05, 3.63) is 11.4 Å². The highest BCUT2D eigenvalue weighted by Gasteiger charge is 2.11. The summed E-state index contributed by atoms with van der Waals surface area (Å²) in [6, 6.07) is 2.05. The van der Waals surface area contributed by atoms with Crippen LogP contribution in [0.5, 0.6) is 0 Å². The smallest absolute Gasteiger partial charge is 0.223 e. The van der Waals surface area contributed by atoms with E-state index in [1.807, 2.05) is 11.4 Å². The van der Waals surface area contributed by atoms with Gasteiger partial charge in [-0.1, -0.05) is 0 Å². The van der Waals surface area contributed by atoms with Crippen LogP contribution in [0, 0.1) is 0 Å². The molecule has 0 saturated carbocycles. The van der Waals surface area contributed by atoms with E-state index in [1.54, 1.807) is 11.3 Å². The monoisotopic (exact) mass is 222 g/mol. The van der Waals surface area contributed by atoms with E-state index >= 15 is 0 Å². The number of thiophene rings is 1. The van der Waals surface area contributed by atoms with Crippen molar-refractivity contribution in [2.75, 3.05) is 23.7 Å². The molecule has 80 valence electrons. The standard InChI is InChI=1S/C10H14N4S/c1-3-14(4-2)8-7-5-6-15-9(7)13-10(11)12-8/h5-6H,3-4H2,1-2H3,(H2,11,12,13). The van der Waals surface area contributed by atoms with Crippen molar-refractivity contribution in [2.45, 2.75) is 13.8 Å². The summed E-state index contributed by atoms with van der Waals surface area (Å²) in [4.78, 5) is 11.7. The normalized spacial score (nSPS) is 10.8. The molecule has 0 saturated heterocycles. The third kappa shape index (κ3) is 1.74. The summed E-state index contributed by atoms with van der Waals surface area (Å²) in [5.74, 6) is 1.30. The Balaban J connectivity index is 2.61. The molecule has 0 spiro atoms. The highest BCUT2D eigenvalue weighted by Crippen LogP contribution is 2.28. The molecule has 0 aromatic carbocycles. The Bertz CT molecular complexity index is 461. The molecule has 4 nitrogen and oxygen atoms in total. The van der Waals surface area contributed by atoms with Crippen LogP contribution in [-0.2, 0) is 0 Å². The lowest BCUT2D eigenvalue weighted by atomic mass is 10.3. The van der Waals surface area contributed by atoms with E-state index in [9.17, 15) is 0 Å². The number of fused-ring (bicyclic) bond motifs is 1. The van der Waals surface area contributed by atoms with Gasteiger partial charge in [0.2, 0.25) is 5.95 Å². The van der Waals surface area contributed by atoms with Crippen LogP contribution in [0.3, 0.4) is 0 Å². The minimum absolute atomic E-state index is 0.354. The van der Waals surface area contributed by atoms with Crippen molar-refractivity contribution >= 4 is 33.3 Å². The predicted molar refractivity (Wildman–Crippen MR) is 65.4 cm³/mol. The van der Waals surface area contributed by atoms with Gasteiger partial charge >= 0.3 is 0 Å². The molecular weight excluding hydrogens is 208 g/mol. The van der Waals surface area contributed by atoms with Crippen LogP contribution in [0.15, 0.2) is 11.4 Å². The highest BCUT2D eigenvalue weighted by atomic mass is 32.1. The molecule has 0 amide bonds. The Morgan fingerprint density at radius 3 is 2.73 bits per heavy atom. The first kappa shape index (κ1) is 10.2. The number of rotatable bonds is 3. The van der Waals surface area contributed by atoms with Gasteiger partial charge in [0.1, 0.15) is 10.6 Å². The quantitative estimate of drug-likeness (QED) is 0.864. The number of nitrogen functional groups attached to an aromatic ring is 1. The molecule has 0 unspecified atom stereocenters. The number of anilines is 2. The van der Waals surface area contributed by atoms with Crippen molar-refractivity contribution in [3.63, 3.8) is 0 Å². The Hall–Kier alpha value is -1.36. The van der Waals surface area contributed by atoms with Crippen LogP contribution in [0.25, 0.3) is 10.2 Å². The summed E-state index contributed by atoms with van der Waals surface area (Å²) in [6.07, 6.45) is 0. The minimum atomic E-state index is 0.354. The maximum absolute atomic E-state index is 5.69. The number of nitrogens with zero attached hydrogens (tertiary/aromatic N) is 3. The molecule has 0 aliphatic rings. The van der Waals surface area contributed by atoms with E-state index < -0.39 is 0 Å². The van der Waals surface area contributed by atoms with Crippen molar-refractivity contribution in [1.29, 1.82) is 0 Å². The molecule has 0 atom stereocenters. The van der Waals surface area contributed by atoms with Gasteiger partial charge in [0.05, 0.1) is 5.39 Å². The fourth-order valence-corrected chi connectivity index (χ4v) is 2.39. The Morgan fingerprint density at radius 1 is 1.33 bits per heavy atom. The van der Waals surface area contributed by atoms with E-state index in [1.165, 1.54) is 0 Å². The zero-order valence-corrected chi connectivity index (χ0v) is 9.71. The molecule has 0 fully saturated rings. The number of nitrogens with two attached hydrogens (primary N) is 1. The minimum Gasteiger partial charge on any atom is -0.368 e. The summed E-state index contributed by atoms with van der Waals surface area (Å²) in [6.45, 7) is 6.08. The zero-order chi connectivity index (χ0) is 10.8. The summed E-state index contributed by atoms with van der Waals surface area (Å²) in [5, 5.41) is 3.11. The second-order valence-corrected chi connectivity index (χ2v) is 4.11. The first-order chi connectivity index (χ1) is 7.26. The van der Waals surface area contributed by atoms with Crippen LogP contribution < -0.4 is 10.6 Å². The first-order valence-corrected chi connectivity index (χ1v) is 5.89. The number of hydrogen-bond acceptors (Lipinski definition) is 5. The van der Waals surface area contributed by atoms with Gasteiger partial charge in [-0.15, -0.1) is 11.3 Å². The van der Waals surface area contributed by atoms with Gasteiger partial charge < -0.3 is 10.6 Å². The molecule has 15 heavy (non-hydrogen) atoms. The molecular formula is C10H14N4S. The maximum atomic E-state index is 5.69. The summed E-state index contributed by atoms with van der Waals surface area (Å²) in [5.41, 5.74) is 5.69. The molecule has 0 radical (unpaired) electrons. The number of aromatic nitrogens is 2. The molecule has 2 rings (SSSR count). The Labute approximate surface area is 92.8 Å². The van der Waals surface area contributed by atoms with Gasteiger partial charge in [-0.05, 0) is 25.3 Å². The van der Waals surface area contributed by atoms with Crippen molar-refractivity contribution in [1.82, 2.24) is 9.97 Å². The number of hydrogen-bond donors (Lipinski definition) is 1. The second-order valence-electron chi connectivity index (χ2n) is 3.22. The fraction of sp³-hybridized carbons (Fsp3) is 0.400. The van der Waals surface area contributed by atoms with Gasteiger partial charge in [-0.2, -0.15) is 4.98 Å².